The summed E-state index contributed by atoms with van der Waals surface area (Å²) in [6.45, 7) is 4.89. The van der Waals surface area contributed by atoms with Gasteiger partial charge in [0.05, 0.1) is 18.2 Å². The molecule has 0 saturated carbocycles. The number of aromatic nitrogens is 4. The third kappa shape index (κ3) is 2.89. The van der Waals surface area contributed by atoms with Crippen molar-refractivity contribution in [2.24, 2.45) is 18.4 Å². The quantitative estimate of drug-likeness (QED) is 0.815. The van der Waals surface area contributed by atoms with Gasteiger partial charge in [-0.25, -0.2) is 0 Å². The van der Waals surface area contributed by atoms with Crippen molar-refractivity contribution in [2.75, 3.05) is 32.8 Å². The van der Waals surface area contributed by atoms with Crippen molar-refractivity contribution in [1.29, 1.82) is 0 Å². The van der Waals surface area contributed by atoms with Gasteiger partial charge in [0.2, 0.25) is 5.89 Å². The Kier molecular flexibility index (Phi) is 4.25. The fourth-order valence-corrected chi connectivity index (χ4v) is 4.41. The van der Waals surface area contributed by atoms with Crippen LogP contribution in [0, 0.1) is 18.3 Å². The van der Waals surface area contributed by atoms with Crippen LogP contribution in [-0.2, 0) is 13.6 Å². The fourth-order valence-electron chi connectivity index (χ4n) is 4.15. The van der Waals surface area contributed by atoms with Crippen LogP contribution in [0.15, 0.2) is 10.7 Å². The van der Waals surface area contributed by atoms with Gasteiger partial charge in [-0.1, -0.05) is 16.8 Å². The second-order valence-electron chi connectivity index (χ2n) is 7.30. The Morgan fingerprint density at radius 1 is 1.46 bits per heavy atom. The van der Waals surface area contributed by atoms with Crippen LogP contribution in [0.2, 0.25) is 5.02 Å². The standard InChI is InChI=1S/C16H21ClN6O3/c1-10-18-13(20-26-10)6-22-3-11-4-23(8-16(11,7-22)9-24)15(25)14-12(17)5-21(2)19-14/h5,11,24H,3-4,6-9H2,1-2H3/t11-,16+/m0/s1. The minimum atomic E-state index is -0.338. The highest BCUT2D eigenvalue weighted by Gasteiger charge is 2.53. The minimum Gasteiger partial charge on any atom is -0.396 e. The monoisotopic (exact) mass is 380 g/mol. The molecule has 4 rings (SSSR count). The molecule has 9 nitrogen and oxygen atoms in total. The van der Waals surface area contributed by atoms with Gasteiger partial charge in [-0.2, -0.15) is 10.1 Å². The first-order valence-electron chi connectivity index (χ1n) is 8.51. The van der Waals surface area contributed by atoms with Gasteiger partial charge in [-0.05, 0) is 5.92 Å². The lowest BCUT2D eigenvalue weighted by Gasteiger charge is -2.26. The molecule has 0 aromatic carbocycles. The molecule has 0 unspecified atom stereocenters. The molecule has 2 saturated heterocycles. The normalized spacial score (nSPS) is 25.8. The van der Waals surface area contributed by atoms with E-state index in [0.29, 0.717) is 42.9 Å². The van der Waals surface area contributed by atoms with Crippen molar-refractivity contribution in [3.63, 3.8) is 0 Å². The molecule has 1 amide bonds. The number of fused-ring (bicyclic) bond motifs is 1. The van der Waals surface area contributed by atoms with Crippen LogP contribution in [-0.4, -0.2) is 73.5 Å². The van der Waals surface area contributed by atoms with Crippen molar-refractivity contribution in [3.8, 4) is 0 Å². The molecule has 0 bridgehead atoms. The van der Waals surface area contributed by atoms with E-state index in [0.717, 1.165) is 6.54 Å². The van der Waals surface area contributed by atoms with E-state index in [-0.39, 0.29) is 29.5 Å². The Bertz CT molecular complexity index is 836. The molecular weight excluding hydrogens is 360 g/mol. The van der Waals surface area contributed by atoms with Gasteiger partial charge in [-0.15, -0.1) is 0 Å². The number of aliphatic hydroxyl groups excluding tert-OH is 1. The van der Waals surface area contributed by atoms with Crippen LogP contribution in [0.5, 0.6) is 0 Å². The lowest BCUT2D eigenvalue weighted by molar-refractivity contribution is 0.0712. The number of carbonyl (C=O) groups excluding carboxylic acids is 1. The number of halogens is 1. The first-order valence-corrected chi connectivity index (χ1v) is 8.89. The Morgan fingerprint density at radius 3 is 2.85 bits per heavy atom. The molecule has 2 fully saturated rings. The highest BCUT2D eigenvalue weighted by Crippen LogP contribution is 2.43. The Balaban J connectivity index is 1.46. The Hall–Kier alpha value is -1.97. The van der Waals surface area contributed by atoms with Crippen molar-refractivity contribution in [3.05, 3.63) is 28.6 Å². The van der Waals surface area contributed by atoms with Gasteiger partial charge in [0.25, 0.3) is 5.91 Å². The molecule has 0 radical (unpaired) electrons. The number of hydrogen-bond acceptors (Lipinski definition) is 7. The number of rotatable bonds is 4. The Morgan fingerprint density at radius 2 is 2.27 bits per heavy atom. The SMILES string of the molecule is Cc1nc(CN2C[C@H]3CN(C(=O)c4nn(C)cc4Cl)C[C@@]3(CO)C2)no1. The zero-order chi connectivity index (χ0) is 18.5. The summed E-state index contributed by atoms with van der Waals surface area (Å²) in [6.07, 6.45) is 1.61. The summed E-state index contributed by atoms with van der Waals surface area (Å²) in [5.74, 6) is 1.19. The van der Waals surface area contributed by atoms with Crippen molar-refractivity contribution < 1.29 is 14.4 Å². The van der Waals surface area contributed by atoms with Crippen LogP contribution in [0.1, 0.15) is 22.2 Å². The van der Waals surface area contributed by atoms with E-state index < -0.39 is 0 Å². The van der Waals surface area contributed by atoms with E-state index in [2.05, 4.69) is 20.1 Å². The van der Waals surface area contributed by atoms with E-state index in [1.165, 1.54) is 4.68 Å². The summed E-state index contributed by atoms with van der Waals surface area (Å²) in [6, 6.07) is 0. The largest absolute Gasteiger partial charge is 0.396 e. The molecule has 2 atom stereocenters. The average Bonchev–Trinajstić information content (AvgIpc) is 3.30. The highest BCUT2D eigenvalue weighted by molar-refractivity contribution is 6.33. The average molecular weight is 381 g/mol. The third-order valence-corrected chi connectivity index (χ3v) is 5.63. The zero-order valence-corrected chi connectivity index (χ0v) is 15.5. The summed E-state index contributed by atoms with van der Waals surface area (Å²) >= 11 is 6.11. The second kappa shape index (κ2) is 6.33. The highest BCUT2D eigenvalue weighted by atomic mass is 35.5. The van der Waals surface area contributed by atoms with E-state index in [4.69, 9.17) is 16.1 Å². The number of hydrogen-bond donors (Lipinski definition) is 1. The van der Waals surface area contributed by atoms with Crippen molar-refractivity contribution in [2.45, 2.75) is 13.5 Å². The predicted molar refractivity (Wildman–Crippen MR) is 91.4 cm³/mol. The van der Waals surface area contributed by atoms with Crippen LogP contribution in [0.25, 0.3) is 0 Å². The second-order valence-corrected chi connectivity index (χ2v) is 7.71. The van der Waals surface area contributed by atoms with E-state index >= 15 is 0 Å². The summed E-state index contributed by atoms with van der Waals surface area (Å²) in [5, 5.41) is 18.5. The van der Waals surface area contributed by atoms with Crippen molar-refractivity contribution >= 4 is 17.5 Å². The molecule has 2 aliphatic rings. The topological polar surface area (TPSA) is 101 Å². The first kappa shape index (κ1) is 17.4. The summed E-state index contributed by atoms with van der Waals surface area (Å²) in [7, 11) is 1.73. The van der Waals surface area contributed by atoms with Gasteiger partial charge in [-0.3, -0.25) is 14.4 Å². The molecule has 1 N–H and O–H groups in total. The van der Waals surface area contributed by atoms with Crippen LogP contribution in [0.4, 0.5) is 0 Å². The number of carbonyl (C=O) groups is 1. The number of amides is 1. The van der Waals surface area contributed by atoms with Crippen LogP contribution < -0.4 is 0 Å². The number of aliphatic hydroxyl groups is 1. The van der Waals surface area contributed by atoms with Crippen molar-refractivity contribution in [1.82, 2.24) is 29.7 Å². The molecule has 0 spiro atoms. The molecule has 4 heterocycles. The molecule has 0 aliphatic carbocycles. The zero-order valence-electron chi connectivity index (χ0n) is 14.7. The summed E-state index contributed by atoms with van der Waals surface area (Å²) in [4.78, 5) is 21.0. The van der Waals surface area contributed by atoms with Gasteiger partial charge in [0.15, 0.2) is 11.5 Å². The fraction of sp³-hybridized carbons (Fsp3) is 0.625. The minimum absolute atomic E-state index is 0.0270. The first-order chi connectivity index (χ1) is 12.4. The van der Waals surface area contributed by atoms with E-state index in [1.54, 1.807) is 25.1 Å². The maximum atomic E-state index is 12.8. The third-order valence-electron chi connectivity index (χ3n) is 5.35. The summed E-state index contributed by atoms with van der Waals surface area (Å²) in [5.41, 5.74) is -0.0725. The number of likely N-dealkylation sites (tertiary alicyclic amines) is 2. The van der Waals surface area contributed by atoms with Gasteiger partial charge < -0.3 is 14.5 Å². The van der Waals surface area contributed by atoms with Gasteiger partial charge in [0, 0.05) is 51.8 Å². The van der Waals surface area contributed by atoms with E-state index in [1.807, 2.05) is 0 Å². The smallest absolute Gasteiger partial charge is 0.275 e. The van der Waals surface area contributed by atoms with E-state index in [9.17, 15) is 9.90 Å². The van der Waals surface area contributed by atoms with Crippen LogP contribution in [0.3, 0.4) is 0 Å². The molecule has 2 aromatic heterocycles. The molecule has 140 valence electrons. The van der Waals surface area contributed by atoms with Gasteiger partial charge >= 0.3 is 0 Å². The maximum Gasteiger partial charge on any atom is 0.275 e. The molecule has 26 heavy (non-hydrogen) atoms. The predicted octanol–water partition coefficient (Wildman–Crippen LogP) is 0.331. The molecule has 2 aromatic rings. The van der Waals surface area contributed by atoms with Gasteiger partial charge in [0.1, 0.15) is 0 Å². The van der Waals surface area contributed by atoms with Crippen LogP contribution >= 0.6 is 11.6 Å². The number of nitrogens with zero attached hydrogens (tertiary/aromatic N) is 6. The Labute approximate surface area is 155 Å². The lowest BCUT2D eigenvalue weighted by Crippen LogP contribution is -2.39. The molecular formula is C16H21ClN6O3. The lowest BCUT2D eigenvalue weighted by atomic mass is 9.82. The number of aryl methyl sites for hydroxylation is 2. The molecule has 2 aliphatic heterocycles. The maximum absolute atomic E-state index is 12.8. The summed E-state index contributed by atoms with van der Waals surface area (Å²) < 4.78 is 6.55. The molecule has 10 heteroatoms.